The van der Waals surface area contributed by atoms with E-state index in [2.05, 4.69) is 61.7 Å². The lowest BCUT2D eigenvalue weighted by atomic mass is 10.2. The van der Waals surface area contributed by atoms with E-state index in [4.69, 9.17) is 28.2 Å². The fourth-order valence-corrected chi connectivity index (χ4v) is 5.83. The number of aromatic nitrogens is 4. The van der Waals surface area contributed by atoms with Crippen LogP contribution in [0, 0.1) is 0 Å². The number of likely N-dealkylation sites (N-methyl/N-ethyl adjacent to an activating group) is 1. The van der Waals surface area contributed by atoms with Crippen LogP contribution in [0.5, 0.6) is 0 Å². The molecule has 9 nitrogen and oxygen atoms in total. The van der Waals surface area contributed by atoms with Gasteiger partial charge in [0.2, 0.25) is 11.9 Å². The van der Waals surface area contributed by atoms with Gasteiger partial charge in [0.1, 0.15) is 5.52 Å². The number of carbonyl (C=O) groups excluding carboxylic acids is 1. The summed E-state index contributed by atoms with van der Waals surface area (Å²) in [5.41, 5.74) is 3.76. The van der Waals surface area contributed by atoms with Gasteiger partial charge in [0, 0.05) is 48.6 Å². The Morgan fingerprint density at radius 2 is 1.72 bits per heavy atom. The third-order valence-electron chi connectivity index (χ3n) is 7.52. The van der Waals surface area contributed by atoms with Crippen molar-refractivity contribution in [2.75, 3.05) is 48.8 Å². The van der Waals surface area contributed by atoms with Crippen molar-refractivity contribution in [1.29, 1.82) is 0 Å². The Hall–Kier alpha value is -3.40. The fraction of sp³-hybridized carbons (Fsp3) is 0.357. The number of nitrogens with zero attached hydrogens (tertiary/aromatic N) is 6. The van der Waals surface area contributed by atoms with Crippen LogP contribution in [0.15, 0.2) is 48.7 Å². The summed E-state index contributed by atoms with van der Waals surface area (Å²) in [6, 6.07) is 13.4. The number of rotatable bonds is 6. The number of amides is 1. The third kappa shape index (κ3) is 5.52. The minimum absolute atomic E-state index is 0.191. The molecule has 2 fully saturated rings. The van der Waals surface area contributed by atoms with E-state index in [1.165, 1.54) is 5.69 Å². The topological polar surface area (TPSA) is 91.2 Å². The molecule has 2 aliphatic rings. The molecule has 0 unspecified atom stereocenters. The predicted octanol–water partition coefficient (Wildman–Crippen LogP) is 6.00. The molecule has 1 amide bonds. The van der Waals surface area contributed by atoms with Gasteiger partial charge in [-0.15, -0.1) is 0 Å². The number of hydrogen-bond acceptors (Lipinski definition) is 7. The Bertz CT molecular complexity index is 1490. The highest BCUT2D eigenvalue weighted by Gasteiger charge is 2.26. The van der Waals surface area contributed by atoms with Crippen molar-refractivity contribution >= 4 is 63.5 Å². The van der Waals surface area contributed by atoms with Gasteiger partial charge in [0.15, 0.2) is 5.65 Å². The van der Waals surface area contributed by atoms with Crippen LogP contribution < -0.4 is 15.5 Å². The predicted molar refractivity (Wildman–Crippen MR) is 157 cm³/mol. The lowest BCUT2D eigenvalue weighted by Gasteiger charge is -2.34. The van der Waals surface area contributed by atoms with Crippen LogP contribution in [0.1, 0.15) is 42.1 Å². The SMILES string of the molecule is CN1CCN(c2ccc(Nc3ncc4nc(NC(=O)c5ccc(Cl)cc5Cl)n(C5CCCC5)c4n3)cc2)CC1. The Morgan fingerprint density at radius 3 is 2.44 bits per heavy atom. The average molecular weight is 566 g/mol. The molecule has 4 aromatic rings. The molecular weight excluding hydrogens is 535 g/mol. The monoisotopic (exact) mass is 564 g/mol. The second kappa shape index (κ2) is 11.0. The molecule has 6 rings (SSSR count). The molecule has 202 valence electrons. The van der Waals surface area contributed by atoms with Gasteiger partial charge in [0.05, 0.1) is 16.8 Å². The highest BCUT2D eigenvalue weighted by atomic mass is 35.5. The molecule has 0 bridgehead atoms. The number of benzene rings is 2. The molecule has 2 aromatic heterocycles. The van der Waals surface area contributed by atoms with Crippen LogP contribution in [0.2, 0.25) is 10.0 Å². The summed E-state index contributed by atoms with van der Waals surface area (Å²) >= 11 is 12.3. The largest absolute Gasteiger partial charge is 0.369 e. The van der Waals surface area contributed by atoms with Crippen molar-refractivity contribution in [2.45, 2.75) is 31.7 Å². The van der Waals surface area contributed by atoms with Gasteiger partial charge in [0.25, 0.3) is 5.91 Å². The van der Waals surface area contributed by atoms with E-state index in [9.17, 15) is 4.79 Å². The van der Waals surface area contributed by atoms with E-state index in [1.54, 1.807) is 24.4 Å². The van der Waals surface area contributed by atoms with Crippen LogP contribution in [0.25, 0.3) is 11.2 Å². The van der Waals surface area contributed by atoms with Crippen LogP contribution >= 0.6 is 23.2 Å². The van der Waals surface area contributed by atoms with E-state index in [1.807, 2.05) is 4.57 Å². The van der Waals surface area contributed by atoms with Crippen molar-refractivity contribution in [2.24, 2.45) is 0 Å². The first kappa shape index (κ1) is 25.9. The zero-order valence-electron chi connectivity index (χ0n) is 21.7. The second-order valence-corrected chi connectivity index (χ2v) is 11.0. The quantitative estimate of drug-likeness (QED) is 0.297. The number of hydrogen-bond donors (Lipinski definition) is 2. The minimum Gasteiger partial charge on any atom is -0.369 e. The summed E-state index contributed by atoms with van der Waals surface area (Å²) in [6.45, 7) is 4.18. The second-order valence-electron chi connectivity index (χ2n) is 10.2. The summed E-state index contributed by atoms with van der Waals surface area (Å²) in [7, 11) is 2.16. The van der Waals surface area contributed by atoms with Gasteiger partial charge >= 0.3 is 0 Å². The van der Waals surface area contributed by atoms with E-state index in [0.29, 0.717) is 33.6 Å². The number of nitrogens with one attached hydrogen (secondary N) is 2. The Balaban J connectivity index is 1.26. The van der Waals surface area contributed by atoms with Gasteiger partial charge in [-0.25, -0.2) is 9.97 Å². The third-order valence-corrected chi connectivity index (χ3v) is 8.06. The molecule has 2 N–H and O–H groups in total. The smallest absolute Gasteiger partial charge is 0.259 e. The highest BCUT2D eigenvalue weighted by molar-refractivity contribution is 6.37. The Labute approximate surface area is 237 Å². The van der Waals surface area contributed by atoms with Crippen molar-refractivity contribution in [3.63, 3.8) is 0 Å². The molecule has 3 heterocycles. The van der Waals surface area contributed by atoms with E-state index < -0.39 is 0 Å². The first-order chi connectivity index (χ1) is 18.9. The summed E-state index contributed by atoms with van der Waals surface area (Å²) < 4.78 is 2.04. The Morgan fingerprint density at radius 1 is 0.974 bits per heavy atom. The molecule has 0 spiro atoms. The summed E-state index contributed by atoms with van der Waals surface area (Å²) in [5, 5.41) is 7.04. The summed E-state index contributed by atoms with van der Waals surface area (Å²) in [4.78, 5) is 31.9. The molecule has 1 saturated carbocycles. The standard InChI is InChI=1S/C28H30Cl2N8O/c1-36-12-14-37(15-13-36)20-9-7-19(8-10-20)32-27-31-17-24-25(34-27)38(21-4-2-3-5-21)28(33-24)35-26(39)22-11-6-18(29)16-23(22)30/h6-11,16-17,21H,2-5,12-15H2,1H3,(H,31,32,34)(H,33,35,39). The molecule has 11 heteroatoms. The molecule has 1 saturated heterocycles. The van der Waals surface area contributed by atoms with E-state index in [-0.39, 0.29) is 17.0 Å². The highest BCUT2D eigenvalue weighted by Crippen LogP contribution is 2.35. The first-order valence-corrected chi connectivity index (χ1v) is 14.0. The van der Waals surface area contributed by atoms with E-state index >= 15 is 0 Å². The molecule has 0 atom stereocenters. The van der Waals surface area contributed by atoms with Crippen LogP contribution in [0.3, 0.4) is 0 Å². The average Bonchev–Trinajstić information content (AvgIpc) is 3.57. The number of carbonyl (C=O) groups is 1. The van der Waals surface area contributed by atoms with Crippen LogP contribution in [-0.4, -0.2) is 63.6 Å². The molecule has 2 aromatic carbocycles. The lowest BCUT2D eigenvalue weighted by Crippen LogP contribution is -2.44. The van der Waals surface area contributed by atoms with Gasteiger partial charge in [-0.3, -0.25) is 14.7 Å². The zero-order chi connectivity index (χ0) is 26.9. The Kier molecular flexibility index (Phi) is 7.29. The van der Waals surface area contributed by atoms with Crippen molar-refractivity contribution < 1.29 is 4.79 Å². The number of imidazole rings is 1. The number of anilines is 4. The first-order valence-electron chi connectivity index (χ1n) is 13.3. The maximum Gasteiger partial charge on any atom is 0.259 e. The van der Waals surface area contributed by atoms with Crippen molar-refractivity contribution in [3.05, 3.63) is 64.3 Å². The fourth-order valence-electron chi connectivity index (χ4n) is 5.34. The van der Waals surface area contributed by atoms with Crippen LogP contribution in [0.4, 0.5) is 23.3 Å². The maximum atomic E-state index is 13.1. The molecule has 1 aliphatic carbocycles. The lowest BCUT2D eigenvalue weighted by molar-refractivity contribution is 0.102. The van der Waals surface area contributed by atoms with E-state index in [0.717, 1.165) is 57.5 Å². The van der Waals surface area contributed by atoms with Gasteiger partial charge in [-0.05, 0) is 62.4 Å². The number of fused-ring (bicyclic) bond motifs is 1. The van der Waals surface area contributed by atoms with Gasteiger partial charge in [-0.2, -0.15) is 4.98 Å². The minimum atomic E-state index is -0.349. The summed E-state index contributed by atoms with van der Waals surface area (Å²) in [6.07, 6.45) is 5.93. The van der Waals surface area contributed by atoms with Crippen molar-refractivity contribution in [3.8, 4) is 0 Å². The van der Waals surface area contributed by atoms with Crippen molar-refractivity contribution in [1.82, 2.24) is 24.4 Å². The zero-order valence-corrected chi connectivity index (χ0v) is 23.2. The van der Waals surface area contributed by atoms with Crippen LogP contribution in [-0.2, 0) is 0 Å². The molecular formula is C28H30Cl2N8O. The summed E-state index contributed by atoms with van der Waals surface area (Å²) in [5.74, 6) is 0.571. The number of halogens is 2. The maximum absolute atomic E-state index is 13.1. The van der Waals surface area contributed by atoms with Gasteiger partial charge in [-0.1, -0.05) is 36.0 Å². The number of piperazine rings is 1. The molecule has 0 radical (unpaired) electrons. The normalized spacial score (nSPS) is 16.6. The molecule has 1 aliphatic heterocycles. The van der Waals surface area contributed by atoms with Gasteiger partial charge < -0.3 is 15.1 Å². The molecule has 39 heavy (non-hydrogen) atoms.